The van der Waals surface area contributed by atoms with Crippen LogP contribution in [0.3, 0.4) is 0 Å². The van der Waals surface area contributed by atoms with E-state index in [1.165, 1.54) is 31.2 Å². The second-order valence-electron chi connectivity index (χ2n) is 5.96. The van der Waals surface area contributed by atoms with Gasteiger partial charge in [0.25, 0.3) is 0 Å². The van der Waals surface area contributed by atoms with E-state index in [0.717, 1.165) is 25.7 Å². The van der Waals surface area contributed by atoms with E-state index >= 15 is 0 Å². The van der Waals surface area contributed by atoms with E-state index in [1.807, 2.05) is 12.1 Å². The van der Waals surface area contributed by atoms with E-state index in [4.69, 9.17) is 4.74 Å². The van der Waals surface area contributed by atoms with E-state index in [2.05, 4.69) is 10.2 Å². The van der Waals surface area contributed by atoms with Gasteiger partial charge in [0.15, 0.2) is 11.5 Å². The van der Waals surface area contributed by atoms with Gasteiger partial charge < -0.3 is 15.2 Å². The van der Waals surface area contributed by atoms with Crippen LogP contribution in [-0.2, 0) is 6.54 Å². The van der Waals surface area contributed by atoms with Crippen molar-refractivity contribution in [3.63, 3.8) is 0 Å². The summed E-state index contributed by atoms with van der Waals surface area (Å²) in [4.78, 5) is 2.58. The number of phenolic OH excluding ortho intramolecular Hbond substituents is 1. The SMILES string of the molecule is COc1cc(CN(CC2CCCN2)C2CC2)ccc1O. The molecule has 1 saturated heterocycles. The van der Waals surface area contributed by atoms with Crippen LogP contribution in [0.25, 0.3) is 0 Å². The van der Waals surface area contributed by atoms with Crippen molar-refractivity contribution in [2.45, 2.75) is 44.3 Å². The number of benzene rings is 1. The summed E-state index contributed by atoms with van der Waals surface area (Å²) >= 11 is 0. The minimum Gasteiger partial charge on any atom is -0.504 e. The van der Waals surface area contributed by atoms with E-state index in [1.54, 1.807) is 13.2 Å². The second-order valence-corrected chi connectivity index (χ2v) is 5.96. The molecule has 1 saturated carbocycles. The Labute approximate surface area is 120 Å². The molecular formula is C16H24N2O2. The van der Waals surface area contributed by atoms with Crippen molar-refractivity contribution in [3.05, 3.63) is 23.8 Å². The predicted molar refractivity (Wildman–Crippen MR) is 79.1 cm³/mol. The van der Waals surface area contributed by atoms with Gasteiger partial charge in [0.05, 0.1) is 7.11 Å². The molecule has 0 spiro atoms. The number of ether oxygens (including phenoxy) is 1. The molecule has 2 aliphatic rings. The van der Waals surface area contributed by atoms with Crippen LogP contribution in [0.5, 0.6) is 11.5 Å². The molecule has 1 aliphatic carbocycles. The van der Waals surface area contributed by atoms with Gasteiger partial charge in [0, 0.05) is 25.2 Å². The molecule has 0 amide bonds. The summed E-state index contributed by atoms with van der Waals surface area (Å²) in [5.41, 5.74) is 1.21. The number of aromatic hydroxyl groups is 1. The molecule has 1 heterocycles. The zero-order valence-corrected chi connectivity index (χ0v) is 12.1. The molecule has 4 heteroatoms. The van der Waals surface area contributed by atoms with Gasteiger partial charge in [-0.15, -0.1) is 0 Å². The number of methoxy groups -OCH3 is 1. The minimum absolute atomic E-state index is 0.215. The number of nitrogens with zero attached hydrogens (tertiary/aromatic N) is 1. The molecule has 1 aliphatic heterocycles. The summed E-state index contributed by atoms with van der Waals surface area (Å²) in [7, 11) is 1.60. The fraction of sp³-hybridized carbons (Fsp3) is 0.625. The Hall–Kier alpha value is -1.26. The molecule has 1 unspecified atom stereocenters. The summed E-state index contributed by atoms with van der Waals surface area (Å²) in [6.45, 7) is 3.24. The van der Waals surface area contributed by atoms with Crippen molar-refractivity contribution in [3.8, 4) is 11.5 Å². The first-order valence-electron chi connectivity index (χ1n) is 7.59. The van der Waals surface area contributed by atoms with Crippen LogP contribution < -0.4 is 10.1 Å². The van der Waals surface area contributed by atoms with Crippen LogP contribution >= 0.6 is 0 Å². The van der Waals surface area contributed by atoms with Gasteiger partial charge in [-0.05, 0) is 49.9 Å². The third-order valence-electron chi connectivity index (χ3n) is 4.31. The smallest absolute Gasteiger partial charge is 0.160 e. The molecule has 1 atom stereocenters. The van der Waals surface area contributed by atoms with Crippen LogP contribution in [0, 0.1) is 0 Å². The largest absolute Gasteiger partial charge is 0.504 e. The van der Waals surface area contributed by atoms with Gasteiger partial charge in [-0.3, -0.25) is 4.90 Å². The molecule has 0 radical (unpaired) electrons. The highest BCUT2D eigenvalue weighted by Gasteiger charge is 2.31. The van der Waals surface area contributed by atoms with Gasteiger partial charge in [0.1, 0.15) is 0 Å². The van der Waals surface area contributed by atoms with Crippen molar-refractivity contribution in [1.82, 2.24) is 10.2 Å². The van der Waals surface area contributed by atoms with Crippen molar-refractivity contribution in [2.24, 2.45) is 0 Å². The zero-order valence-electron chi connectivity index (χ0n) is 12.1. The Kier molecular flexibility index (Phi) is 4.13. The summed E-state index contributed by atoms with van der Waals surface area (Å²) in [5, 5.41) is 13.3. The first-order chi connectivity index (χ1) is 9.76. The Balaban J connectivity index is 1.66. The molecule has 4 nitrogen and oxygen atoms in total. The number of phenols is 1. The molecule has 2 fully saturated rings. The highest BCUT2D eigenvalue weighted by Crippen LogP contribution is 2.31. The summed E-state index contributed by atoms with van der Waals surface area (Å²) in [6.07, 6.45) is 5.24. The maximum atomic E-state index is 9.67. The van der Waals surface area contributed by atoms with Crippen molar-refractivity contribution >= 4 is 0 Å². The van der Waals surface area contributed by atoms with Crippen LogP contribution in [0.4, 0.5) is 0 Å². The van der Waals surface area contributed by atoms with Crippen molar-refractivity contribution in [1.29, 1.82) is 0 Å². The Morgan fingerprint density at radius 1 is 1.35 bits per heavy atom. The van der Waals surface area contributed by atoms with Gasteiger partial charge in [0.2, 0.25) is 0 Å². The highest BCUT2D eigenvalue weighted by atomic mass is 16.5. The maximum Gasteiger partial charge on any atom is 0.160 e. The average Bonchev–Trinajstić information content (AvgIpc) is 3.18. The summed E-state index contributed by atoms with van der Waals surface area (Å²) in [6, 6.07) is 7.07. The molecule has 2 N–H and O–H groups in total. The second kappa shape index (κ2) is 6.02. The Morgan fingerprint density at radius 3 is 2.85 bits per heavy atom. The first kappa shape index (κ1) is 13.7. The normalized spacial score (nSPS) is 22.4. The number of hydrogen-bond acceptors (Lipinski definition) is 4. The quantitative estimate of drug-likeness (QED) is 0.835. The molecule has 110 valence electrons. The fourth-order valence-electron chi connectivity index (χ4n) is 3.03. The average molecular weight is 276 g/mol. The van der Waals surface area contributed by atoms with Crippen LogP contribution in [-0.4, -0.2) is 42.3 Å². The Morgan fingerprint density at radius 2 is 2.20 bits per heavy atom. The van der Waals surface area contributed by atoms with E-state index in [-0.39, 0.29) is 5.75 Å². The minimum atomic E-state index is 0.215. The third-order valence-corrected chi connectivity index (χ3v) is 4.31. The molecule has 0 aromatic heterocycles. The summed E-state index contributed by atoms with van der Waals surface area (Å²) < 4.78 is 5.20. The lowest BCUT2D eigenvalue weighted by Gasteiger charge is -2.25. The molecule has 20 heavy (non-hydrogen) atoms. The molecular weight excluding hydrogens is 252 g/mol. The van der Waals surface area contributed by atoms with Gasteiger partial charge >= 0.3 is 0 Å². The van der Waals surface area contributed by atoms with Gasteiger partial charge in [-0.25, -0.2) is 0 Å². The lowest BCUT2D eigenvalue weighted by Crippen LogP contribution is -2.38. The molecule has 0 bridgehead atoms. The van der Waals surface area contributed by atoms with Crippen molar-refractivity contribution < 1.29 is 9.84 Å². The number of rotatable bonds is 6. The third kappa shape index (κ3) is 3.25. The Bertz CT molecular complexity index is 454. The fourth-order valence-corrected chi connectivity index (χ4v) is 3.03. The number of hydrogen-bond donors (Lipinski definition) is 2. The van der Waals surface area contributed by atoms with E-state index in [0.29, 0.717) is 11.8 Å². The topological polar surface area (TPSA) is 44.7 Å². The lowest BCUT2D eigenvalue weighted by molar-refractivity contribution is 0.230. The molecule has 3 rings (SSSR count). The molecule has 1 aromatic rings. The van der Waals surface area contributed by atoms with Crippen LogP contribution in [0.15, 0.2) is 18.2 Å². The first-order valence-corrected chi connectivity index (χ1v) is 7.59. The van der Waals surface area contributed by atoms with Crippen molar-refractivity contribution in [2.75, 3.05) is 20.2 Å². The van der Waals surface area contributed by atoms with E-state index < -0.39 is 0 Å². The summed E-state index contributed by atoms with van der Waals surface area (Å²) in [5.74, 6) is 0.781. The van der Waals surface area contributed by atoms with Gasteiger partial charge in [-0.1, -0.05) is 6.07 Å². The van der Waals surface area contributed by atoms with Gasteiger partial charge in [-0.2, -0.15) is 0 Å². The highest BCUT2D eigenvalue weighted by molar-refractivity contribution is 5.41. The predicted octanol–water partition coefficient (Wildman–Crippen LogP) is 2.12. The number of nitrogens with one attached hydrogen (secondary N) is 1. The monoisotopic (exact) mass is 276 g/mol. The maximum absolute atomic E-state index is 9.67. The van der Waals surface area contributed by atoms with Crippen LogP contribution in [0.2, 0.25) is 0 Å². The zero-order chi connectivity index (χ0) is 13.9. The standard InChI is InChI=1S/C16H24N2O2/c1-20-16-9-12(4-7-15(16)19)10-18(14-5-6-14)11-13-3-2-8-17-13/h4,7,9,13-14,17,19H,2-3,5-6,8,10-11H2,1H3. The lowest BCUT2D eigenvalue weighted by atomic mass is 10.1. The molecule has 1 aromatic carbocycles. The van der Waals surface area contributed by atoms with E-state index in [9.17, 15) is 5.11 Å². The van der Waals surface area contributed by atoms with Crippen LogP contribution in [0.1, 0.15) is 31.2 Å².